The van der Waals surface area contributed by atoms with Crippen LogP contribution in [-0.4, -0.2) is 48.1 Å². The van der Waals surface area contributed by atoms with Crippen LogP contribution in [0.5, 0.6) is 23.0 Å². The van der Waals surface area contributed by atoms with E-state index in [4.69, 9.17) is 36.1 Å². The number of fused-ring (bicyclic) bond motifs is 2. The zero-order valence-electron chi connectivity index (χ0n) is 18.6. The van der Waals surface area contributed by atoms with E-state index in [0.29, 0.717) is 25.7 Å². The van der Waals surface area contributed by atoms with Crippen LogP contribution in [0.2, 0.25) is 0 Å². The molecule has 0 unspecified atom stereocenters. The van der Waals surface area contributed by atoms with Crippen LogP contribution in [0.3, 0.4) is 0 Å². The van der Waals surface area contributed by atoms with Gasteiger partial charge in [0.2, 0.25) is 6.79 Å². The highest BCUT2D eigenvalue weighted by Crippen LogP contribution is 2.37. The smallest absolute Gasteiger partial charge is 0.231 e. The molecule has 1 saturated heterocycles. The first kappa shape index (κ1) is 21.5. The van der Waals surface area contributed by atoms with E-state index in [1.54, 1.807) is 11.3 Å². The van der Waals surface area contributed by atoms with Crippen molar-refractivity contribution in [2.24, 2.45) is 0 Å². The van der Waals surface area contributed by atoms with Crippen molar-refractivity contribution >= 4 is 28.7 Å². The molecular weight excluding hydrogens is 470 g/mol. The minimum Gasteiger partial charge on any atom is -0.486 e. The molecule has 9 heteroatoms. The summed E-state index contributed by atoms with van der Waals surface area (Å²) in [5.74, 6) is 3.66. The second kappa shape index (κ2) is 9.31. The van der Waals surface area contributed by atoms with E-state index < -0.39 is 0 Å². The number of nitrogens with one attached hydrogen (secondary N) is 1. The molecule has 34 heavy (non-hydrogen) atoms. The molecule has 1 N–H and O–H groups in total. The third-order valence-electron chi connectivity index (χ3n) is 6.37. The number of thiocarbonyl (C=S) groups is 1. The van der Waals surface area contributed by atoms with E-state index >= 15 is 0 Å². The van der Waals surface area contributed by atoms with Crippen LogP contribution in [0, 0.1) is 0 Å². The van der Waals surface area contributed by atoms with Crippen molar-refractivity contribution in [3.8, 4) is 34.3 Å². The van der Waals surface area contributed by atoms with Crippen molar-refractivity contribution in [1.82, 2.24) is 15.2 Å². The largest absolute Gasteiger partial charge is 0.486 e. The zero-order chi connectivity index (χ0) is 22.9. The molecule has 3 aliphatic heterocycles. The highest BCUT2D eigenvalue weighted by molar-refractivity contribution is 7.80. The van der Waals surface area contributed by atoms with Gasteiger partial charge in [0.15, 0.2) is 28.1 Å². The van der Waals surface area contributed by atoms with E-state index in [9.17, 15) is 0 Å². The lowest BCUT2D eigenvalue weighted by molar-refractivity contribution is 0.171. The molecule has 2 aromatic carbocycles. The second-order valence-corrected chi connectivity index (χ2v) is 9.81. The Morgan fingerprint density at radius 3 is 2.59 bits per heavy atom. The number of hydrogen-bond donors (Lipinski definition) is 1. The van der Waals surface area contributed by atoms with Gasteiger partial charge in [0.1, 0.15) is 13.2 Å². The molecule has 0 radical (unpaired) electrons. The number of hydrogen-bond acceptors (Lipinski definition) is 7. The Morgan fingerprint density at radius 2 is 1.71 bits per heavy atom. The summed E-state index contributed by atoms with van der Waals surface area (Å²) >= 11 is 7.41. The van der Waals surface area contributed by atoms with Gasteiger partial charge in [-0.15, -0.1) is 11.3 Å². The van der Waals surface area contributed by atoms with E-state index in [2.05, 4.69) is 21.7 Å². The number of benzene rings is 2. The molecule has 3 aliphatic rings. The van der Waals surface area contributed by atoms with Gasteiger partial charge in [-0.3, -0.25) is 0 Å². The standard InChI is InChI=1S/C25H25N3O4S2/c33-25(26-13-16-1-3-21-22(11-16)32-15-31-21)28-7-5-17(6-8-28)24-27-19(14-34-24)18-2-4-20-23(12-18)30-10-9-29-20/h1-4,11-12,14,17H,5-10,13,15H2,(H,26,33). The number of thiazole rings is 1. The lowest BCUT2D eigenvalue weighted by Gasteiger charge is -2.33. The molecule has 0 bridgehead atoms. The first-order valence-corrected chi connectivity index (χ1v) is 12.8. The summed E-state index contributed by atoms with van der Waals surface area (Å²) in [5.41, 5.74) is 3.19. The van der Waals surface area contributed by atoms with Gasteiger partial charge in [0, 0.05) is 36.5 Å². The van der Waals surface area contributed by atoms with Crippen LogP contribution in [0.25, 0.3) is 11.3 Å². The fourth-order valence-corrected chi connectivity index (χ4v) is 5.74. The van der Waals surface area contributed by atoms with Crippen LogP contribution < -0.4 is 24.3 Å². The molecule has 1 aromatic heterocycles. The van der Waals surface area contributed by atoms with Gasteiger partial charge in [-0.1, -0.05) is 6.07 Å². The van der Waals surface area contributed by atoms with Gasteiger partial charge < -0.3 is 29.2 Å². The summed E-state index contributed by atoms with van der Waals surface area (Å²) in [6, 6.07) is 12.0. The lowest BCUT2D eigenvalue weighted by Crippen LogP contribution is -2.43. The molecule has 176 valence electrons. The molecule has 7 nitrogen and oxygen atoms in total. The number of likely N-dealkylation sites (tertiary alicyclic amines) is 1. The summed E-state index contributed by atoms with van der Waals surface area (Å²) in [4.78, 5) is 7.22. The normalized spacial score (nSPS) is 17.0. The van der Waals surface area contributed by atoms with E-state index in [1.165, 1.54) is 5.01 Å². The molecule has 1 fully saturated rings. The van der Waals surface area contributed by atoms with Crippen molar-refractivity contribution < 1.29 is 18.9 Å². The highest BCUT2D eigenvalue weighted by atomic mass is 32.1. The number of ether oxygens (including phenoxy) is 4. The van der Waals surface area contributed by atoms with Gasteiger partial charge in [0.05, 0.1) is 10.7 Å². The maximum absolute atomic E-state index is 5.73. The second-order valence-electron chi connectivity index (χ2n) is 8.54. The SMILES string of the molecule is S=C(NCc1ccc2c(c1)OCO2)N1CCC(c2nc(-c3ccc4c(c3)OCCO4)cs2)CC1. The molecule has 3 aromatic rings. The topological polar surface area (TPSA) is 65.1 Å². The lowest BCUT2D eigenvalue weighted by atomic mass is 9.98. The molecule has 0 aliphatic carbocycles. The Kier molecular flexibility index (Phi) is 5.88. The van der Waals surface area contributed by atoms with Crippen LogP contribution in [0.1, 0.15) is 29.3 Å². The summed E-state index contributed by atoms with van der Waals surface area (Å²) in [6.07, 6.45) is 2.08. The van der Waals surface area contributed by atoms with Gasteiger partial charge in [-0.25, -0.2) is 4.98 Å². The van der Waals surface area contributed by atoms with Crippen LogP contribution in [0.4, 0.5) is 0 Å². The predicted octanol–water partition coefficient (Wildman–Crippen LogP) is 4.56. The van der Waals surface area contributed by atoms with Crippen LogP contribution in [0.15, 0.2) is 41.8 Å². The summed E-state index contributed by atoms with van der Waals surface area (Å²) < 4.78 is 22.2. The van der Waals surface area contributed by atoms with Crippen molar-refractivity contribution in [3.63, 3.8) is 0 Å². The maximum Gasteiger partial charge on any atom is 0.231 e. The molecule has 0 amide bonds. The highest BCUT2D eigenvalue weighted by Gasteiger charge is 2.25. The number of aromatic nitrogens is 1. The number of rotatable bonds is 4. The van der Waals surface area contributed by atoms with Crippen molar-refractivity contribution in [1.29, 1.82) is 0 Å². The molecule has 0 atom stereocenters. The van der Waals surface area contributed by atoms with Crippen LogP contribution >= 0.6 is 23.6 Å². The Balaban J connectivity index is 1.03. The van der Waals surface area contributed by atoms with E-state index in [1.807, 2.05) is 30.3 Å². The minimum absolute atomic E-state index is 0.289. The summed E-state index contributed by atoms with van der Waals surface area (Å²) in [5, 5.41) is 7.53. The fraction of sp³-hybridized carbons (Fsp3) is 0.360. The molecule has 0 spiro atoms. The van der Waals surface area contributed by atoms with Crippen molar-refractivity contribution in [2.75, 3.05) is 33.1 Å². The third-order valence-corrected chi connectivity index (χ3v) is 7.78. The Labute approximate surface area is 207 Å². The average molecular weight is 496 g/mol. The van der Waals surface area contributed by atoms with E-state index in [0.717, 1.165) is 70.9 Å². The fourth-order valence-electron chi connectivity index (χ4n) is 4.48. The first-order valence-electron chi connectivity index (χ1n) is 11.5. The monoisotopic (exact) mass is 495 g/mol. The summed E-state index contributed by atoms with van der Waals surface area (Å²) in [7, 11) is 0. The third kappa shape index (κ3) is 4.37. The van der Waals surface area contributed by atoms with Crippen molar-refractivity contribution in [2.45, 2.75) is 25.3 Å². The molecule has 6 rings (SSSR count). The van der Waals surface area contributed by atoms with Gasteiger partial charge in [-0.2, -0.15) is 0 Å². The van der Waals surface area contributed by atoms with Crippen molar-refractivity contribution in [3.05, 3.63) is 52.3 Å². The van der Waals surface area contributed by atoms with Crippen LogP contribution in [-0.2, 0) is 6.54 Å². The Bertz CT molecular complexity index is 1210. The minimum atomic E-state index is 0.289. The Hall–Kier alpha value is -3.04. The molecule has 0 saturated carbocycles. The predicted molar refractivity (Wildman–Crippen MR) is 134 cm³/mol. The number of piperidine rings is 1. The zero-order valence-corrected chi connectivity index (χ0v) is 20.3. The molecular formula is C25H25N3O4S2. The average Bonchev–Trinajstić information content (AvgIpc) is 3.57. The quantitative estimate of drug-likeness (QED) is 0.529. The number of nitrogens with zero attached hydrogens (tertiary/aromatic N) is 2. The van der Waals surface area contributed by atoms with Gasteiger partial charge in [-0.05, 0) is 61.0 Å². The van der Waals surface area contributed by atoms with Gasteiger partial charge >= 0.3 is 0 Å². The maximum atomic E-state index is 5.73. The van der Waals surface area contributed by atoms with Gasteiger partial charge in [0.25, 0.3) is 0 Å². The Morgan fingerprint density at radius 1 is 0.971 bits per heavy atom. The first-order chi connectivity index (χ1) is 16.7. The summed E-state index contributed by atoms with van der Waals surface area (Å²) in [6.45, 7) is 4.00. The van der Waals surface area contributed by atoms with E-state index in [-0.39, 0.29) is 6.79 Å². The molecule has 4 heterocycles.